The first-order valence-electron chi connectivity index (χ1n) is 10.5. The maximum atomic E-state index is 12.6. The monoisotopic (exact) mass is 405 g/mol. The van der Waals surface area contributed by atoms with Gasteiger partial charge in [-0.1, -0.05) is 42.5 Å². The molecule has 0 saturated carbocycles. The molecule has 2 atom stereocenters. The smallest absolute Gasteiger partial charge is 0.227 e. The van der Waals surface area contributed by atoms with E-state index in [9.17, 15) is 14.4 Å². The molecule has 2 aromatic rings. The third-order valence-corrected chi connectivity index (χ3v) is 6.07. The van der Waals surface area contributed by atoms with Gasteiger partial charge in [-0.3, -0.25) is 14.4 Å². The SMILES string of the molecule is C[C@H](c1ccccc1)N1C[C@H](C(=O)NCc2ccc(N3CCCC3=O)cc2)CC1=O. The number of carbonyl (C=O) groups excluding carboxylic acids is 3. The molecule has 30 heavy (non-hydrogen) atoms. The number of hydrogen-bond acceptors (Lipinski definition) is 3. The zero-order valence-electron chi connectivity index (χ0n) is 17.2. The van der Waals surface area contributed by atoms with E-state index in [1.165, 1.54) is 0 Å². The minimum absolute atomic E-state index is 0.0196. The van der Waals surface area contributed by atoms with E-state index in [1.54, 1.807) is 9.80 Å². The molecular formula is C24H27N3O3. The molecule has 156 valence electrons. The molecule has 0 radical (unpaired) electrons. The van der Waals surface area contributed by atoms with Crippen molar-refractivity contribution in [3.05, 3.63) is 65.7 Å². The molecular weight excluding hydrogens is 378 g/mol. The van der Waals surface area contributed by atoms with Crippen LogP contribution < -0.4 is 10.2 Å². The highest BCUT2D eigenvalue weighted by atomic mass is 16.2. The minimum atomic E-state index is -0.329. The van der Waals surface area contributed by atoms with Gasteiger partial charge >= 0.3 is 0 Å². The first kappa shape index (κ1) is 20.1. The van der Waals surface area contributed by atoms with Gasteiger partial charge in [0.05, 0.1) is 12.0 Å². The summed E-state index contributed by atoms with van der Waals surface area (Å²) in [7, 11) is 0. The van der Waals surface area contributed by atoms with Crippen molar-refractivity contribution in [3.8, 4) is 0 Å². The number of amides is 3. The lowest BCUT2D eigenvalue weighted by atomic mass is 10.1. The Labute approximate surface area is 176 Å². The molecule has 2 saturated heterocycles. The fourth-order valence-corrected chi connectivity index (χ4v) is 4.24. The molecule has 2 aromatic carbocycles. The second-order valence-electron chi connectivity index (χ2n) is 8.07. The van der Waals surface area contributed by atoms with E-state index < -0.39 is 0 Å². The first-order chi connectivity index (χ1) is 14.5. The van der Waals surface area contributed by atoms with Gasteiger partial charge in [0.15, 0.2) is 0 Å². The highest BCUT2D eigenvalue weighted by Gasteiger charge is 2.36. The van der Waals surface area contributed by atoms with Gasteiger partial charge in [-0.15, -0.1) is 0 Å². The standard InChI is InChI=1S/C24H27N3O3/c1-17(19-6-3-2-4-7-19)27-16-20(14-23(27)29)24(30)25-15-18-9-11-21(12-10-18)26-13-5-8-22(26)28/h2-4,6-7,9-12,17,20H,5,8,13-16H2,1H3,(H,25,30)/t17-,20-/m1/s1. The van der Waals surface area contributed by atoms with Crippen LogP contribution in [0.3, 0.4) is 0 Å². The molecule has 0 spiro atoms. The lowest BCUT2D eigenvalue weighted by Gasteiger charge is -2.25. The van der Waals surface area contributed by atoms with Crippen LogP contribution in [0.5, 0.6) is 0 Å². The molecule has 2 aliphatic heterocycles. The van der Waals surface area contributed by atoms with Crippen LogP contribution >= 0.6 is 0 Å². The number of nitrogens with zero attached hydrogens (tertiary/aromatic N) is 2. The fraction of sp³-hybridized carbons (Fsp3) is 0.375. The van der Waals surface area contributed by atoms with Gasteiger partial charge in [-0.2, -0.15) is 0 Å². The molecule has 0 aromatic heterocycles. The molecule has 0 unspecified atom stereocenters. The number of hydrogen-bond donors (Lipinski definition) is 1. The maximum Gasteiger partial charge on any atom is 0.227 e. The third-order valence-electron chi connectivity index (χ3n) is 6.07. The van der Waals surface area contributed by atoms with Crippen molar-refractivity contribution in [2.24, 2.45) is 5.92 Å². The minimum Gasteiger partial charge on any atom is -0.352 e. The molecule has 0 aliphatic carbocycles. The van der Waals surface area contributed by atoms with Gasteiger partial charge in [-0.25, -0.2) is 0 Å². The highest BCUT2D eigenvalue weighted by molar-refractivity contribution is 5.95. The maximum absolute atomic E-state index is 12.6. The number of benzene rings is 2. The molecule has 6 heteroatoms. The van der Waals surface area contributed by atoms with Gasteiger partial charge in [0.25, 0.3) is 0 Å². The summed E-state index contributed by atoms with van der Waals surface area (Å²) in [5, 5.41) is 2.96. The predicted octanol–water partition coefficient (Wildman–Crippen LogP) is 3.04. The normalized spacial score (nSPS) is 20.0. The molecule has 6 nitrogen and oxygen atoms in total. The zero-order valence-corrected chi connectivity index (χ0v) is 17.2. The van der Waals surface area contributed by atoms with Crippen LogP contribution in [0.25, 0.3) is 0 Å². The molecule has 2 fully saturated rings. The average Bonchev–Trinajstić information content (AvgIpc) is 3.38. The molecule has 4 rings (SSSR count). The van der Waals surface area contributed by atoms with Crippen molar-refractivity contribution in [2.45, 2.75) is 38.8 Å². The van der Waals surface area contributed by atoms with Crippen LogP contribution in [0.4, 0.5) is 5.69 Å². The Morgan fingerprint density at radius 2 is 1.80 bits per heavy atom. The van der Waals surface area contributed by atoms with E-state index in [4.69, 9.17) is 0 Å². The van der Waals surface area contributed by atoms with Crippen LogP contribution in [-0.2, 0) is 20.9 Å². The first-order valence-corrected chi connectivity index (χ1v) is 10.5. The summed E-state index contributed by atoms with van der Waals surface area (Å²) < 4.78 is 0. The van der Waals surface area contributed by atoms with Crippen molar-refractivity contribution in [1.82, 2.24) is 10.2 Å². The Bertz CT molecular complexity index is 926. The molecule has 2 heterocycles. The van der Waals surface area contributed by atoms with Crippen LogP contribution in [0, 0.1) is 5.92 Å². The van der Waals surface area contributed by atoms with E-state index in [0.717, 1.165) is 29.8 Å². The Hall–Kier alpha value is -3.15. The van der Waals surface area contributed by atoms with E-state index in [0.29, 0.717) is 19.5 Å². The summed E-state index contributed by atoms with van der Waals surface area (Å²) in [5.41, 5.74) is 2.94. The van der Waals surface area contributed by atoms with Gasteiger partial charge < -0.3 is 15.1 Å². The number of rotatable bonds is 6. The van der Waals surface area contributed by atoms with Gasteiger partial charge in [0.2, 0.25) is 17.7 Å². The van der Waals surface area contributed by atoms with Crippen LogP contribution in [0.1, 0.15) is 43.4 Å². The topological polar surface area (TPSA) is 69.7 Å². The van der Waals surface area contributed by atoms with Crippen molar-refractivity contribution in [2.75, 3.05) is 18.0 Å². The fourth-order valence-electron chi connectivity index (χ4n) is 4.24. The van der Waals surface area contributed by atoms with E-state index in [-0.39, 0.29) is 36.1 Å². The van der Waals surface area contributed by atoms with Crippen LogP contribution in [0.15, 0.2) is 54.6 Å². The van der Waals surface area contributed by atoms with Crippen molar-refractivity contribution < 1.29 is 14.4 Å². The van der Waals surface area contributed by atoms with Crippen molar-refractivity contribution >= 4 is 23.4 Å². The summed E-state index contributed by atoms with van der Waals surface area (Å²) >= 11 is 0. The van der Waals surface area contributed by atoms with Crippen LogP contribution in [-0.4, -0.2) is 35.7 Å². The predicted molar refractivity (Wildman–Crippen MR) is 115 cm³/mol. The zero-order chi connectivity index (χ0) is 21.1. The third kappa shape index (κ3) is 4.22. The Balaban J connectivity index is 1.31. The quantitative estimate of drug-likeness (QED) is 0.803. The molecule has 1 N–H and O–H groups in total. The average molecular weight is 405 g/mol. The van der Waals surface area contributed by atoms with E-state index in [1.807, 2.05) is 61.5 Å². The summed E-state index contributed by atoms with van der Waals surface area (Å²) in [6, 6.07) is 17.6. The summed E-state index contributed by atoms with van der Waals surface area (Å²) in [4.78, 5) is 40.6. The van der Waals surface area contributed by atoms with Crippen molar-refractivity contribution in [3.63, 3.8) is 0 Å². The second kappa shape index (κ2) is 8.69. The van der Waals surface area contributed by atoms with Crippen LogP contribution in [0.2, 0.25) is 0 Å². The van der Waals surface area contributed by atoms with Gasteiger partial charge in [0, 0.05) is 38.2 Å². The number of nitrogens with one attached hydrogen (secondary N) is 1. The number of anilines is 1. The lowest BCUT2D eigenvalue weighted by molar-refractivity contribution is -0.130. The van der Waals surface area contributed by atoms with E-state index in [2.05, 4.69) is 5.32 Å². The number of likely N-dealkylation sites (tertiary alicyclic amines) is 1. The lowest BCUT2D eigenvalue weighted by Crippen LogP contribution is -2.33. The molecule has 3 amide bonds. The van der Waals surface area contributed by atoms with Crippen molar-refractivity contribution in [1.29, 1.82) is 0 Å². The second-order valence-corrected chi connectivity index (χ2v) is 8.07. The summed E-state index contributed by atoms with van der Waals surface area (Å²) in [6.07, 6.45) is 1.76. The Kier molecular flexibility index (Phi) is 5.84. The summed E-state index contributed by atoms with van der Waals surface area (Å²) in [5.74, 6) is -0.238. The highest BCUT2D eigenvalue weighted by Crippen LogP contribution is 2.28. The largest absolute Gasteiger partial charge is 0.352 e. The van der Waals surface area contributed by atoms with Gasteiger partial charge in [0.1, 0.15) is 0 Å². The Morgan fingerprint density at radius 3 is 2.47 bits per heavy atom. The van der Waals surface area contributed by atoms with Gasteiger partial charge in [-0.05, 0) is 36.6 Å². The molecule has 2 aliphatic rings. The number of carbonyl (C=O) groups is 3. The van der Waals surface area contributed by atoms with E-state index >= 15 is 0 Å². The summed E-state index contributed by atoms with van der Waals surface area (Å²) in [6.45, 7) is 3.62. The molecule has 0 bridgehead atoms. The Morgan fingerprint density at radius 1 is 1.07 bits per heavy atom.